The summed E-state index contributed by atoms with van der Waals surface area (Å²) in [6.07, 6.45) is 1.08. The molecule has 0 radical (unpaired) electrons. The molecule has 4 rings (SSSR count). The number of rotatable bonds is 9. The molecule has 1 aliphatic heterocycles. The molecular formula is C24H27ClFN5O4. The highest BCUT2D eigenvalue weighted by Crippen LogP contribution is 2.35. The SMILES string of the molecule is CN(C)CC(O)CC(=O)Nc1cc2c(Nc3ccc(F)c(Cl)c3)ncnc2cc1O[C@H]1CCOC1. The number of aromatic nitrogens is 2. The summed E-state index contributed by atoms with van der Waals surface area (Å²) in [5.41, 5.74) is 1.54. The van der Waals surface area contributed by atoms with E-state index in [2.05, 4.69) is 20.6 Å². The normalized spacial score (nSPS) is 16.5. The van der Waals surface area contributed by atoms with Crippen molar-refractivity contribution in [3.8, 4) is 5.75 Å². The quantitative estimate of drug-likeness (QED) is 0.406. The van der Waals surface area contributed by atoms with Gasteiger partial charge in [-0.2, -0.15) is 0 Å². The van der Waals surface area contributed by atoms with Crippen molar-refractivity contribution in [2.75, 3.05) is 44.5 Å². The Balaban J connectivity index is 1.66. The first-order valence-corrected chi connectivity index (χ1v) is 11.5. The van der Waals surface area contributed by atoms with Crippen molar-refractivity contribution in [1.29, 1.82) is 0 Å². The molecule has 0 saturated carbocycles. The van der Waals surface area contributed by atoms with E-state index in [0.29, 0.717) is 53.6 Å². The zero-order valence-electron chi connectivity index (χ0n) is 19.4. The summed E-state index contributed by atoms with van der Waals surface area (Å²) in [5.74, 6) is 0.00119. The Bertz CT molecular complexity index is 1210. The number of amides is 1. The molecule has 11 heteroatoms. The molecule has 9 nitrogen and oxygen atoms in total. The van der Waals surface area contributed by atoms with E-state index in [0.717, 1.165) is 6.42 Å². The molecular weight excluding hydrogens is 477 g/mol. The van der Waals surface area contributed by atoms with Crippen molar-refractivity contribution in [2.45, 2.75) is 25.0 Å². The minimum Gasteiger partial charge on any atom is -0.486 e. The standard InChI is InChI=1S/C24H27ClFN5O4/c1-31(2)11-15(32)8-23(33)30-21-9-17-20(10-22(21)35-16-5-6-34-12-16)27-13-28-24(17)29-14-3-4-19(26)18(25)7-14/h3-4,7,9-10,13,15-16,32H,5-6,8,11-12H2,1-2H3,(H,30,33)(H,27,28,29)/t15?,16-/m0/s1. The van der Waals surface area contributed by atoms with Crippen LogP contribution in [0.1, 0.15) is 12.8 Å². The Morgan fingerprint density at radius 3 is 2.89 bits per heavy atom. The van der Waals surface area contributed by atoms with E-state index in [1.807, 2.05) is 14.1 Å². The van der Waals surface area contributed by atoms with Crippen LogP contribution in [-0.2, 0) is 9.53 Å². The number of likely N-dealkylation sites (N-methyl/N-ethyl adjacent to an activating group) is 1. The van der Waals surface area contributed by atoms with Crippen LogP contribution in [0.2, 0.25) is 5.02 Å². The predicted molar refractivity (Wildman–Crippen MR) is 132 cm³/mol. The van der Waals surface area contributed by atoms with Crippen LogP contribution in [0, 0.1) is 5.82 Å². The van der Waals surface area contributed by atoms with Crippen LogP contribution in [0.25, 0.3) is 10.9 Å². The molecule has 1 amide bonds. The van der Waals surface area contributed by atoms with Gasteiger partial charge in [0.05, 0.1) is 42.0 Å². The predicted octanol–water partition coefficient (Wildman–Crippen LogP) is 3.58. The van der Waals surface area contributed by atoms with Gasteiger partial charge in [-0.25, -0.2) is 14.4 Å². The number of aliphatic hydroxyl groups excluding tert-OH is 1. The largest absolute Gasteiger partial charge is 0.486 e. The van der Waals surface area contributed by atoms with Crippen LogP contribution in [-0.4, -0.2) is 71.9 Å². The average molecular weight is 504 g/mol. The fourth-order valence-corrected chi connectivity index (χ4v) is 3.96. The topological polar surface area (TPSA) is 109 Å². The van der Waals surface area contributed by atoms with E-state index in [1.54, 1.807) is 23.1 Å². The minimum atomic E-state index is -0.818. The molecule has 2 atom stereocenters. The number of carbonyl (C=O) groups is 1. The summed E-state index contributed by atoms with van der Waals surface area (Å²) in [4.78, 5) is 23.2. The summed E-state index contributed by atoms with van der Waals surface area (Å²) >= 11 is 5.91. The number of hydrogen-bond acceptors (Lipinski definition) is 8. The van der Waals surface area contributed by atoms with E-state index < -0.39 is 11.9 Å². The molecule has 1 aliphatic rings. The van der Waals surface area contributed by atoms with Crippen molar-refractivity contribution in [3.05, 3.63) is 47.5 Å². The van der Waals surface area contributed by atoms with Gasteiger partial charge in [-0.15, -0.1) is 0 Å². The summed E-state index contributed by atoms with van der Waals surface area (Å²) in [6, 6.07) is 7.70. The highest BCUT2D eigenvalue weighted by Gasteiger charge is 2.22. The lowest BCUT2D eigenvalue weighted by Crippen LogP contribution is -2.30. The van der Waals surface area contributed by atoms with Gasteiger partial charge in [-0.1, -0.05) is 11.6 Å². The third-order valence-electron chi connectivity index (χ3n) is 5.37. The lowest BCUT2D eigenvalue weighted by Gasteiger charge is -2.19. The molecule has 3 aromatic rings. The van der Waals surface area contributed by atoms with E-state index in [9.17, 15) is 14.3 Å². The molecule has 0 spiro atoms. The fraction of sp³-hybridized carbons (Fsp3) is 0.375. The van der Waals surface area contributed by atoms with Gasteiger partial charge in [-0.05, 0) is 38.4 Å². The second-order valence-electron chi connectivity index (χ2n) is 8.61. The summed E-state index contributed by atoms with van der Waals surface area (Å²) in [5, 5.41) is 16.7. The number of fused-ring (bicyclic) bond motifs is 1. The van der Waals surface area contributed by atoms with Gasteiger partial charge in [0.25, 0.3) is 0 Å². The molecule has 35 heavy (non-hydrogen) atoms. The third kappa shape index (κ3) is 6.55. The number of nitrogens with one attached hydrogen (secondary N) is 2. The maximum atomic E-state index is 13.6. The lowest BCUT2D eigenvalue weighted by atomic mass is 10.1. The highest BCUT2D eigenvalue weighted by atomic mass is 35.5. The molecule has 2 aromatic carbocycles. The molecule has 1 saturated heterocycles. The Hall–Kier alpha value is -3.05. The van der Waals surface area contributed by atoms with Crippen LogP contribution in [0.4, 0.5) is 21.6 Å². The van der Waals surface area contributed by atoms with Crippen molar-refractivity contribution in [2.24, 2.45) is 0 Å². The summed E-state index contributed by atoms with van der Waals surface area (Å²) in [6.45, 7) is 1.41. The summed E-state index contributed by atoms with van der Waals surface area (Å²) in [7, 11) is 3.64. The second kappa shape index (κ2) is 11.1. The van der Waals surface area contributed by atoms with Crippen LogP contribution in [0.15, 0.2) is 36.7 Å². The van der Waals surface area contributed by atoms with E-state index in [4.69, 9.17) is 21.1 Å². The third-order valence-corrected chi connectivity index (χ3v) is 5.66. The maximum absolute atomic E-state index is 13.6. The smallest absolute Gasteiger partial charge is 0.227 e. The first-order valence-electron chi connectivity index (χ1n) is 11.2. The Labute approximate surface area is 207 Å². The Kier molecular flexibility index (Phi) is 7.97. The molecule has 3 N–H and O–H groups in total. The Morgan fingerprint density at radius 2 is 2.17 bits per heavy atom. The molecule has 0 bridgehead atoms. The van der Waals surface area contributed by atoms with Crippen LogP contribution in [0.3, 0.4) is 0 Å². The molecule has 1 unspecified atom stereocenters. The molecule has 2 heterocycles. The highest BCUT2D eigenvalue weighted by molar-refractivity contribution is 6.31. The molecule has 0 aliphatic carbocycles. The van der Waals surface area contributed by atoms with Crippen molar-refractivity contribution < 1.29 is 23.8 Å². The van der Waals surface area contributed by atoms with E-state index in [1.165, 1.54) is 18.5 Å². The number of halogens is 2. The van der Waals surface area contributed by atoms with Gasteiger partial charge in [0.1, 0.15) is 29.8 Å². The van der Waals surface area contributed by atoms with Crippen molar-refractivity contribution in [3.63, 3.8) is 0 Å². The molecule has 186 valence electrons. The van der Waals surface area contributed by atoms with Gasteiger partial charge in [-0.3, -0.25) is 4.79 Å². The molecule has 1 fully saturated rings. The van der Waals surface area contributed by atoms with Gasteiger partial charge in [0, 0.05) is 30.1 Å². The first kappa shape index (κ1) is 25.1. The monoisotopic (exact) mass is 503 g/mol. The number of anilines is 3. The van der Waals surface area contributed by atoms with Gasteiger partial charge in [0.15, 0.2) is 0 Å². The lowest BCUT2D eigenvalue weighted by molar-refractivity contribution is -0.118. The van der Waals surface area contributed by atoms with Crippen molar-refractivity contribution in [1.82, 2.24) is 14.9 Å². The van der Waals surface area contributed by atoms with E-state index >= 15 is 0 Å². The minimum absolute atomic E-state index is 0.0212. The molecule has 1 aromatic heterocycles. The fourth-order valence-electron chi connectivity index (χ4n) is 3.78. The van der Waals surface area contributed by atoms with Gasteiger partial charge in [0.2, 0.25) is 5.91 Å². The van der Waals surface area contributed by atoms with Crippen LogP contribution >= 0.6 is 11.6 Å². The first-order chi connectivity index (χ1) is 16.8. The summed E-state index contributed by atoms with van der Waals surface area (Å²) < 4.78 is 25.1. The average Bonchev–Trinajstić information content (AvgIpc) is 3.29. The second-order valence-corrected chi connectivity index (χ2v) is 9.02. The Morgan fingerprint density at radius 1 is 1.34 bits per heavy atom. The number of nitrogens with zero attached hydrogens (tertiary/aromatic N) is 3. The van der Waals surface area contributed by atoms with Crippen LogP contribution < -0.4 is 15.4 Å². The number of aliphatic hydroxyl groups is 1. The number of ether oxygens (including phenoxy) is 2. The van der Waals surface area contributed by atoms with Crippen molar-refractivity contribution >= 4 is 45.6 Å². The van der Waals surface area contributed by atoms with Crippen LogP contribution in [0.5, 0.6) is 5.75 Å². The zero-order valence-corrected chi connectivity index (χ0v) is 20.2. The number of hydrogen-bond donors (Lipinski definition) is 3. The van der Waals surface area contributed by atoms with Gasteiger partial charge >= 0.3 is 0 Å². The zero-order chi connectivity index (χ0) is 24.9. The number of carbonyl (C=O) groups excluding carboxylic acids is 1. The van der Waals surface area contributed by atoms with Gasteiger partial charge < -0.3 is 30.1 Å². The maximum Gasteiger partial charge on any atom is 0.227 e. The van der Waals surface area contributed by atoms with E-state index in [-0.39, 0.29) is 23.5 Å². The number of benzene rings is 2.